The third-order valence-electron chi connectivity index (χ3n) is 8.49. The van der Waals surface area contributed by atoms with Crippen molar-refractivity contribution in [2.75, 3.05) is 12.4 Å². The van der Waals surface area contributed by atoms with Gasteiger partial charge in [0.25, 0.3) is 0 Å². The average Bonchev–Trinajstić information content (AvgIpc) is 3.68. The van der Waals surface area contributed by atoms with E-state index in [1.54, 1.807) is 12.2 Å². The monoisotopic (exact) mass is 715 g/mol. The number of allylic oxidation sites excluding steroid dienone is 6. The predicted octanol–water partition coefficient (Wildman–Crippen LogP) is 15.3. The molecule has 0 fully saturated rings. The molecule has 0 aliphatic carbocycles. The lowest BCUT2D eigenvalue weighted by Gasteiger charge is -2.08. The van der Waals surface area contributed by atoms with Crippen molar-refractivity contribution in [3.8, 4) is 11.1 Å². The van der Waals surface area contributed by atoms with Crippen LogP contribution in [-0.4, -0.2) is 7.05 Å². The molecule has 0 aliphatic heterocycles. The van der Waals surface area contributed by atoms with Gasteiger partial charge in [-0.1, -0.05) is 187 Å². The van der Waals surface area contributed by atoms with Gasteiger partial charge in [0.2, 0.25) is 0 Å². The van der Waals surface area contributed by atoms with E-state index in [4.69, 9.17) is 4.42 Å². The Kier molecular flexibility index (Phi) is 20.7. The van der Waals surface area contributed by atoms with Gasteiger partial charge in [0.15, 0.2) is 0 Å². The SMILES string of the molecule is C=C/C=C(\C=C)c1ccc(NC)cc1.C=CC(=C)c1cc2ccccc2o1.CC.CC.Cc1ccc(C)c(CCCc2ccc(-c3ccccc3)cc2)c1. The van der Waals surface area contributed by atoms with E-state index in [-0.39, 0.29) is 0 Å². The molecule has 0 spiro atoms. The fourth-order valence-electron chi connectivity index (χ4n) is 5.53. The van der Waals surface area contributed by atoms with Gasteiger partial charge >= 0.3 is 0 Å². The van der Waals surface area contributed by atoms with Crippen LogP contribution in [-0.2, 0) is 12.8 Å². The maximum Gasteiger partial charge on any atom is 0.134 e. The van der Waals surface area contributed by atoms with Gasteiger partial charge in [0.1, 0.15) is 11.3 Å². The molecule has 0 amide bonds. The van der Waals surface area contributed by atoms with Gasteiger partial charge in [-0.3, -0.25) is 0 Å². The first-order valence-corrected chi connectivity index (χ1v) is 19.1. The second-order valence-electron chi connectivity index (χ2n) is 12.1. The number of fused-ring (bicyclic) bond motifs is 1. The standard InChI is InChI=1S/C23H24.C13H15N.C12H10O.2C2H6/c1-18-11-12-19(2)23(17-18)10-6-7-20-13-15-22(16-14-20)21-8-4-3-5-9-21;1-4-6-11(5-2)12-7-9-13(14-3)10-8-12;1-3-9(2)12-8-10-6-4-5-7-11(10)13-12;2*1-2/h3-5,8-9,11-17H,6-7,10H2,1-2H3;4-10,14H,1-2H2,3H3;3-8H,1-2H2;2*1-2H3/b;11-6+;;;. The highest BCUT2D eigenvalue weighted by atomic mass is 16.3. The molecule has 6 aromatic rings. The first kappa shape index (κ1) is 44.3. The molecule has 0 atom stereocenters. The average molecular weight is 716 g/mol. The van der Waals surface area contributed by atoms with Crippen molar-refractivity contribution in [2.24, 2.45) is 0 Å². The van der Waals surface area contributed by atoms with Crippen molar-refractivity contribution in [2.45, 2.75) is 60.8 Å². The maximum atomic E-state index is 5.55. The summed E-state index contributed by atoms with van der Waals surface area (Å²) in [5.41, 5.74) is 13.3. The van der Waals surface area contributed by atoms with E-state index in [0.29, 0.717) is 0 Å². The minimum Gasteiger partial charge on any atom is -0.456 e. The predicted molar refractivity (Wildman–Crippen MR) is 242 cm³/mol. The highest BCUT2D eigenvalue weighted by Gasteiger charge is 2.04. The van der Waals surface area contributed by atoms with Gasteiger partial charge in [-0.15, -0.1) is 0 Å². The Bertz CT molecular complexity index is 1990. The Hall–Kier alpha value is -5.86. The second-order valence-corrected chi connectivity index (χ2v) is 12.1. The van der Waals surface area contributed by atoms with Crippen molar-refractivity contribution < 1.29 is 4.42 Å². The van der Waals surface area contributed by atoms with Gasteiger partial charge in [0, 0.05) is 23.7 Å². The van der Waals surface area contributed by atoms with Gasteiger partial charge in [-0.2, -0.15) is 0 Å². The molecule has 0 radical (unpaired) electrons. The zero-order valence-corrected chi connectivity index (χ0v) is 33.8. The van der Waals surface area contributed by atoms with Gasteiger partial charge in [-0.25, -0.2) is 0 Å². The molecule has 2 nitrogen and oxygen atoms in total. The van der Waals surface area contributed by atoms with Crippen LogP contribution in [0.1, 0.15) is 67.7 Å². The summed E-state index contributed by atoms with van der Waals surface area (Å²) in [5, 5.41) is 4.18. The van der Waals surface area contributed by atoms with Crippen molar-refractivity contribution in [3.05, 3.63) is 212 Å². The Morgan fingerprint density at radius 2 is 1.30 bits per heavy atom. The van der Waals surface area contributed by atoms with Crippen LogP contribution in [0.15, 0.2) is 182 Å². The summed E-state index contributed by atoms with van der Waals surface area (Å²) in [6.45, 7) is 27.3. The number of para-hydroxylation sites is 1. The van der Waals surface area contributed by atoms with Crippen LogP contribution in [0.2, 0.25) is 0 Å². The molecule has 1 aromatic heterocycles. The highest BCUT2D eigenvalue weighted by Crippen LogP contribution is 2.24. The maximum absolute atomic E-state index is 5.55. The summed E-state index contributed by atoms with van der Waals surface area (Å²) in [6, 6.07) is 44.4. The van der Waals surface area contributed by atoms with E-state index in [0.717, 1.165) is 52.0 Å². The zero-order valence-electron chi connectivity index (χ0n) is 33.8. The summed E-state index contributed by atoms with van der Waals surface area (Å²) in [4.78, 5) is 0. The van der Waals surface area contributed by atoms with Gasteiger partial charge in [-0.05, 0) is 96.3 Å². The van der Waals surface area contributed by atoms with Crippen molar-refractivity contribution in [3.63, 3.8) is 0 Å². The fourth-order valence-corrected chi connectivity index (χ4v) is 5.53. The van der Waals surface area contributed by atoms with Crippen LogP contribution in [0.25, 0.3) is 33.2 Å². The number of anilines is 1. The number of hydrogen-bond donors (Lipinski definition) is 1. The fraction of sp³-hybridized carbons (Fsp3) is 0.192. The largest absolute Gasteiger partial charge is 0.456 e. The molecule has 280 valence electrons. The van der Waals surface area contributed by atoms with E-state index in [2.05, 4.69) is 130 Å². The summed E-state index contributed by atoms with van der Waals surface area (Å²) < 4.78 is 5.55. The minimum absolute atomic E-state index is 0.788. The zero-order chi connectivity index (χ0) is 39.7. The minimum atomic E-state index is 0.788. The van der Waals surface area contributed by atoms with Crippen molar-refractivity contribution in [1.82, 2.24) is 0 Å². The first-order valence-electron chi connectivity index (χ1n) is 19.1. The third kappa shape index (κ3) is 14.3. The number of benzene rings is 5. The molecule has 2 heteroatoms. The second kappa shape index (κ2) is 25.2. The number of furan rings is 1. The summed E-state index contributed by atoms with van der Waals surface area (Å²) in [5.74, 6) is 0.788. The Morgan fingerprint density at radius 1 is 0.667 bits per heavy atom. The molecule has 6 rings (SSSR count). The number of aryl methyl sites for hydroxylation is 4. The Morgan fingerprint density at radius 3 is 1.89 bits per heavy atom. The van der Waals surface area contributed by atoms with E-state index < -0.39 is 0 Å². The van der Waals surface area contributed by atoms with Crippen LogP contribution in [0.4, 0.5) is 5.69 Å². The molecule has 0 saturated heterocycles. The highest BCUT2D eigenvalue weighted by molar-refractivity contribution is 5.83. The molecule has 0 bridgehead atoms. The lowest BCUT2D eigenvalue weighted by atomic mass is 9.98. The van der Waals surface area contributed by atoms with Crippen LogP contribution < -0.4 is 5.32 Å². The van der Waals surface area contributed by atoms with Crippen LogP contribution in [0.3, 0.4) is 0 Å². The van der Waals surface area contributed by atoms with Gasteiger partial charge < -0.3 is 9.73 Å². The molecule has 0 saturated carbocycles. The van der Waals surface area contributed by atoms with Crippen molar-refractivity contribution in [1.29, 1.82) is 0 Å². The van der Waals surface area contributed by atoms with E-state index in [9.17, 15) is 0 Å². The molecule has 5 aromatic carbocycles. The smallest absolute Gasteiger partial charge is 0.134 e. The van der Waals surface area contributed by atoms with Crippen LogP contribution in [0, 0.1) is 13.8 Å². The number of rotatable bonds is 11. The lowest BCUT2D eigenvalue weighted by Crippen LogP contribution is -1.94. The molecule has 0 aliphatic rings. The lowest BCUT2D eigenvalue weighted by molar-refractivity contribution is 0.601. The van der Waals surface area contributed by atoms with Crippen LogP contribution >= 0.6 is 0 Å². The Balaban J connectivity index is 0.000000282. The molecule has 54 heavy (non-hydrogen) atoms. The normalized spacial score (nSPS) is 10.0. The molecule has 1 N–H and O–H groups in total. The topological polar surface area (TPSA) is 25.2 Å². The molecule has 1 heterocycles. The quantitative estimate of drug-likeness (QED) is 0.135. The number of nitrogens with one attached hydrogen (secondary N) is 1. The summed E-state index contributed by atoms with van der Waals surface area (Å²) in [7, 11) is 1.91. The summed E-state index contributed by atoms with van der Waals surface area (Å²) >= 11 is 0. The van der Waals surface area contributed by atoms with Crippen molar-refractivity contribution >= 4 is 27.8 Å². The first-order chi connectivity index (χ1) is 26.3. The van der Waals surface area contributed by atoms with E-state index in [1.165, 1.54) is 39.8 Å². The Labute approximate surface area is 327 Å². The number of hydrogen-bond acceptors (Lipinski definition) is 2. The van der Waals surface area contributed by atoms with E-state index in [1.807, 2.05) is 89.4 Å². The molecular formula is C52H61NO. The van der Waals surface area contributed by atoms with Crippen LogP contribution in [0.5, 0.6) is 0 Å². The third-order valence-corrected chi connectivity index (χ3v) is 8.49. The molecule has 0 unspecified atom stereocenters. The summed E-state index contributed by atoms with van der Waals surface area (Å²) in [6.07, 6.45) is 10.7. The molecular weight excluding hydrogens is 655 g/mol. The van der Waals surface area contributed by atoms with E-state index >= 15 is 0 Å². The van der Waals surface area contributed by atoms with Gasteiger partial charge in [0.05, 0.1) is 0 Å².